The van der Waals surface area contributed by atoms with Gasteiger partial charge in [-0.1, -0.05) is 53.0 Å². The zero-order valence-corrected chi connectivity index (χ0v) is 15.4. The summed E-state index contributed by atoms with van der Waals surface area (Å²) in [6.07, 6.45) is 0. The second-order valence-corrected chi connectivity index (χ2v) is 6.81. The third-order valence-corrected chi connectivity index (χ3v) is 4.61. The normalized spacial score (nSPS) is 10.9. The molecule has 0 spiro atoms. The molecule has 25 heavy (non-hydrogen) atoms. The Bertz CT molecular complexity index is 1020. The van der Waals surface area contributed by atoms with Crippen LogP contribution in [0.4, 0.5) is 5.69 Å². The molecule has 0 atom stereocenters. The molecule has 0 aliphatic carbocycles. The summed E-state index contributed by atoms with van der Waals surface area (Å²) < 4.78 is 1.41. The van der Waals surface area contributed by atoms with Crippen LogP contribution >= 0.6 is 34.8 Å². The highest BCUT2D eigenvalue weighted by Crippen LogP contribution is 2.33. The molecule has 0 saturated carbocycles. The number of amides is 1. The standard InChI is InChI=1S/C18H13Cl3N2O2/c1-10-6-17(25)23(15-5-3-2-4-12(10)15)9-16(24)22-18-13(20)7-11(19)8-14(18)21/h2-8H,9H2,1H3,(H,22,24). The van der Waals surface area contributed by atoms with Crippen molar-refractivity contribution in [3.63, 3.8) is 0 Å². The minimum atomic E-state index is -0.415. The van der Waals surface area contributed by atoms with Crippen LogP contribution in [0.3, 0.4) is 0 Å². The van der Waals surface area contributed by atoms with E-state index >= 15 is 0 Å². The van der Waals surface area contributed by atoms with Crippen LogP contribution in [0, 0.1) is 6.92 Å². The number of hydrogen-bond donors (Lipinski definition) is 1. The van der Waals surface area contributed by atoms with E-state index in [4.69, 9.17) is 34.8 Å². The molecular formula is C18H13Cl3N2O2. The van der Waals surface area contributed by atoms with Gasteiger partial charge in [-0.3, -0.25) is 14.2 Å². The molecule has 0 bridgehead atoms. The van der Waals surface area contributed by atoms with Crippen LogP contribution in [0.2, 0.25) is 15.1 Å². The number of nitrogens with zero attached hydrogens (tertiary/aromatic N) is 1. The lowest BCUT2D eigenvalue weighted by molar-refractivity contribution is -0.116. The van der Waals surface area contributed by atoms with Crippen molar-refractivity contribution in [3.05, 3.63) is 73.4 Å². The Morgan fingerprint density at radius 2 is 1.72 bits per heavy atom. The summed E-state index contributed by atoms with van der Waals surface area (Å²) in [5.74, 6) is -0.415. The average Bonchev–Trinajstić information content (AvgIpc) is 2.55. The fraction of sp³-hybridized carbons (Fsp3) is 0.111. The van der Waals surface area contributed by atoms with Crippen molar-refractivity contribution in [1.82, 2.24) is 4.57 Å². The number of benzene rings is 2. The van der Waals surface area contributed by atoms with Crippen LogP contribution in [-0.2, 0) is 11.3 Å². The number of nitrogens with one attached hydrogen (secondary N) is 1. The van der Waals surface area contributed by atoms with Crippen molar-refractivity contribution in [2.24, 2.45) is 0 Å². The molecule has 1 N–H and O–H groups in total. The number of carbonyl (C=O) groups is 1. The molecule has 1 amide bonds. The van der Waals surface area contributed by atoms with Crippen LogP contribution in [0.15, 0.2) is 47.3 Å². The summed E-state index contributed by atoms with van der Waals surface area (Å²) in [4.78, 5) is 24.8. The molecule has 1 aromatic heterocycles. The van der Waals surface area contributed by atoms with Crippen LogP contribution < -0.4 is 10.9 Å². The van der Waals surface area contributed by atoms with Gasteiger partial charge in [-0.2, -0.15) is 0 Å². The van der Waals surface area contributed by atoms with Crippen LogP contribution in [0.1, 0.15) is 5.56 Å². The van der Waals surface area contributed by atoms with E-state index < -0.39 is 5.91 Å². The Hall–Kier alpha value is -2.01. The number of hydrogen-bond acceptors (Lipinski definition) is 2. The van der Waals surface area contributed by atoms with E-state index in [1.807, 2.05) is 25.1 Å². The second-order valence-electron chi connectivity index (χ2n) is 5.56. The number of aryl methyl sites for hydroxylation is 1. The number of anilines is 1. The molecule has 0 fully saturated rings. The molecule has 3 aromatic rings. The highest BCUT2D eigenvalue weighted by molar-refractivity contribution is 6.42. The number of para-hydroxylation sites is 1. The van der Waals surface area contributed by atoms with E-state index in [0.29, 0.717) is 10.5 Å². The van der Waals surface area contributed by atoms with Gasteiger partial charge in [-0.05, 0) is 30.7 Å². The topological polar surface area (TPSA) is 51.1 Å². The van der Waals surface area contributed by atoms with Gasteiger partial charge in [0.05, 0.1) is 21.2 Å². The average molecular weight is 396 g/mol. The summed E-state index contributed by atoms with van der Waals surface area (Å²) in [5.41, 5.74) is 1.57. The van der Waals surface area contributed by atoms with Gasteiger partial charge in [-0.15, -0.1) is 0 Å². The van der Waals surface area contributed by atoms with Crippen LogP contribution in [0.5, 0.6) is 0 Å². The Labute approximate surface area is 158 Å². The number of rotatable bonds is 3. The molecule has 2 aromatic carbocycles. The Morgan fingerprint density at radius 3 is 2.40 bits per heavy atom. The van der Waals surface area contributed by atoms with E-state index in [1.165, 1.54) is 22.8 Å². The zero-order chi connectivity index (χ0) is 18.1. The first-order valence-electron chi connectivity index (χ1n) is 7.40. The lowest BCUT2D eigenvalue weighted by atomic mass is 10.1. The van der Waals surface area contributed by atoms with Crippen molar-refractivity contribution in [3.8, 4) is 0 Å². The predicted octanol–water partition coefficient (Wildman–Crippen LogP) is 4.91. The van der Waals surface area contributed by atoms with Crippen molar-refractivity contribution in [2.75, 3.05) is 5.32 Å². The Balaban J connectivity index is 1.95. The summed E-state index contributed by atoms with van der Waals surface area (Å²) >= 11 is 18.0. The van der Waals surface area contributed by atoms with Crippen molar-refractivity contribution >= 4 is 57.3 Å². The molecule has 4 nitrogen and oxygen atoms in total. The number of halogens is 3. The second kappa shape index (κ2) is 7.08. The largest absolute Gasteiger partial charge is 0.322 e. The first-order chi connectivity index (χ1) is 11.9. The van der Waals surface area contributed by atoms with E-state index in [9.17, 15) is 9.59 Å². The monoisotopic (exact) mass is 394 g/mol. The van der Waals surface area contributed by atoms with Crippen molar-refractivity contribution in [1.29, 1.82) is 0 Å². The number of fused-ring (bicyclic) bond motifs is 1. The number of pyridine rings is 1. The third kappa shape index (κ3) is 3.66. The number of aromatic nitrogens is 1. The summed E-state index contributed by atoms with van der Waals surface area (Å²) in [6, 6.07) is 11.9. The minimum Gasteiger partial charge on any atom is -0.322 e. The quantitative estimate of drug-likeness (QED) is 0.685. The minimum absolute atomic E-state index is 0.158. The first-order valence-corrected chi connectivity index (χ1v) is 8.54. The molecule has 7 heteroatoms. The SMILES string of the molecule is Cc1cc(=O)n(CC(=O)Nc2c(Cl)cc(Cl)cc2Cl)c2ccccc12. The molecule has 0 aliphatic rings. The van der Waals surface area contributed by atoms with Gasteiger partial charge in [0, 0.05) is 16.5 Å². The van der Waals surface area contributed by atoms with Gasteiger partial charge in [0.2, 0.25) is 5.91 Å². The third-order valence-electron chi connectivity index (χ3n) is 3.80. The van der Waals surface area contributed by atoms with Gasteiger partial charge in [0.25, 0.3) is 5.56 Å². The molecular weight excluding hydrogens is 383 g/mol. The first kappa shape index (κ1) is 17.8. The molecule has 1 heterocycles. The summed E-state index contributed by atoms with van der Waals surface area (Å²) in [5, 5.41) is 4.38. The lowest BCUT2D eigenvalue weighted by Gasteiger charge is -2.13. The van der Waals surface area contributed by atoms with Crippen LogP contribution in [-0.4, -0.2) is 10.5 Å². The van der Waals surface area contributed by atoms with Gasteiger partial charge < -0.3 is 5.32 Å². The van der Waals surface area contributed by atoms with Gasteiger partial charge in [0.1, 0.15) is 6.54 Å². The maximum absolute atomic E-state index is 12.4. The fourth-order valence-corrected chi connectivity index (χ4v) is 3.56. The van der Waals surface area contributed by atoms with Gasteiger partial charge >= 0.3 is 0 Å². The van der Waals surface area contributed by atoms with E-state index in [-0.39, 0.29) is 27.8 Å². The lowest BCUT2D eigenvalue weighted by Crippen LogP contribution is -2.28. The van der Waals surface area contributed by atoms with E-state index in [1.54, 1.807) is 6.07 Å². The van der Waals surface area contributed by atoms with Crippen molar-refractivity contribution < 1.29 is 4.79 Å². The Morgan fingerprint density at radius 1 is 1.08 bits per heavy atom. The maximum atomic E-state index is 12.4. The molecule has 0 radical (unpaired) electrons. The van der Waals surface area contributed by atoms with E-state index in [0.717, 1.165) is 10.9 Å². The highest BCUT2D eigenvalue weighted by atomic mass is 35.5. The molecule has 128 valence electrons. The molecule has 3 rings (SSSR count). The smallest absolute Gasteiger partial charge is 0.251 e. The van der Waals surface area contributed by atoms with Crippen LogP contribution in [0.25, 0.3) is 10.9 Å². The molecule has 0 unspecified atom stereocenters. The zero-order valence-electron chi connectivity index (χ0n) is 13.1. The molecule has 0 aliphatic heterocycles. The van der Waals surface area contributed by atoms with Crippen molar-refractivity contribution in [2.45, 2.75) is 13.5 Å². The maximum Gasteiger partial charge on any atom is 0.251 e. The summed E-state index contributed by atoms with van der Waals surface area (Å²) in [6.45, 7) is 1.70. The number of carbonyl (C=O) groups excluding carboxylic acids is 1. The van der Waals surface area contributed by atoms with Gasteiger partial charge in [0.15, 0.2) is 0 Å². The summed E-state index contributed by atoms with van der Waals surface area (Å²) in [7, 11) is 0. The molecule has 0 saturated heterocycles. The fourth-order valence-electron chi connectivity index (χ4n) is 2.65. The Kier molecular flexibility index (Phi) is 5.04. The van der Waals surface area contributed by atoms with Gasteiger partial charge in [-0.25, -0.2) is 0 Å². The predicted molar refractivity (Wildman–Crippen MR) is 103 cm³/mol. The van der Waals surface area contributed by atoms with E-state index in [2.05, 4.69) is 5.32 Å². The highest BCUT2D eigenvalue weighted by Gasteiger charge is 2.14.